The summed E-state index contributed by atoms with van der Waals surface area (Å²) in [4.78, 5) is 21.6. The first-order valence-corrected chi connectivity index (χ1v) is 8.46. The van der Waals surface area contributed by atoms with Crippen LogP contribution in [-0.4, -0.2) is 19.7 Å². The fraction of sp³-hybridized carbons (Fsp3) is 0.111. The SMILES string of the molecule is Cc1nc2ccccc2c(=O)n1Cc1noc(-c2cccc(Br)c2)n1. The van der Waals surface area contributed by atoms with Crippen LogP contribution >= 0.6 is 15.9 Å². The van der Waals surface area contributed by atoms with Gasteiger partial charge in [0.2, 0.25) is 0 Å². The van der Waals surface area contributed by atoms with E-state index in [0.29, 0.717) is 28.4 Å². The Morgan fingerprint density at radius 3 is 2.80 bits per heavy atom. The minimum atomic E-state index is -0.114. The van der Waals surface area contributed by atoms with E-state index in [2.05, 4.69) is 31.1 Å². The van der Waals surface area contributed by atoms with E-state index < -0.39 is 0 Å². The molecule has 0 radical (unpaired) electrons. The van der Waals surface area contributed by atoms with E-state index in [1.54, 1.807) is 17.6 Å². The van der Waals surface area contributed by atoms with Crippen LogP contribution in [0.3, 0.4) is 0 Å². The number of benzene rings is 2. The number of para-hydroxylation sites is 1. The third-order valence-corrected chi connectivity index (χ3v) is 4.38. The average Bonchev–Trinajstić information content (AvgIpc) is 3.07. The molecule has 0 bridgehead atoms. The van der Waals surface area contributed by atoms with E-state index in [1.807, 2.05) is 42.5 Å². The van der Waals surface area contributed by atoms with Gasteiger partial charge in [0, 0.05) is 10.0 Å². The smallest absolute Gasteiger partial charge is 0.261 e. The van der Waals surface area contributed by atoms with Crippen LogP contribution in [0.15, 0.2) is 62.3 Å². The number of hydrogen-bond acceptors (Lipinski definition) is 5. The molecule has 0 aliphatic heterocycles. The van der Waals surface area contributed by atoms with Crippen LogP contribution in [0.4, 0.5) is 0 Å². The Hall–Kier alpha value is -2.80. The molecule has 0 saturated carbocycles. The number of halogens is 1. The van der Waals surface area contributed by atoms with Crippen LogP contribution < -0.4 is 5.56 Å². The fourth-order valence-electron chi connectivity index (χ4n) is 2.66. The molecule has 2 aromatic heterocycles. The highest BCUT2D eigenvalue weighted by Gasteiger charge is 2.13. The zero-order valence-corrected chi connectivity index (χ0v) is 14.9. The van der Waals surface area contributed by atoms with Crippen molar-refractivity contribution in [2.75, 3.05) is 0 Å². The largest absolute Gasteiger partial charge is 0.334 e. The molecule has 0 aliphatic rings. The maximum atomic E-state index is 12.7. The molecule has 4 aromatic rings. The van der Waals surface area contributed by atoms with E-state index >= 15 is 0 Å². The monoisotopic (exact) mass is 396 g/mol. The molecule has 0 amide bonds. The molecule has 0 fully saturated rings. The lowest BCUT2D eigenvalue weighted by molar-refractivity contribution is 0.419. The van der Waals surface area contributed by atoms with Gasteiger partial charge in [0.15, 0.2) is 5.82 Å². The predicted octanol–water partition coefficient (Wildman–Crippen LogP) is 3.57. The van der Waals surface area contributed by atoms with Crippen molar-refractivity contribution in [1.82, 2.24) is 19.7 Å². The lowest BCUT2D eigenvalue weighted by Crippen LogP contribution is -2.24. The highest BCUT2D eigenvalue weighted by atomic mass is 79.9. The molecule has 124 valence electrons. The molecule has 7 heteroatoms. The van der Waals surface area contributed by atoms with Gasteiger partial charge in [-0.15, -0.1) is 0 Å². The zero-order chi connectivity index (χ0) is 17.4. The van der Waals surface area contributed by atoms with Crippen molar-refractivity contribution in [3.63, 3.8) is 0 Å². The van der Waals surface area contributed by atoms with Crippen molar-refractivity contribution in [3.05, 3.63) is 75.0 Å². The van der Waals surface area contributed by atoms with Gasteiger partial charge in [0.1, 0.15) is 5.82 Å². The van der Waals surface area contributed by atoms with Gasteiger partial charge in [0.25, 0.3) is 11.4 Å². The minimum Gasteiger partial charge on any atom is -0.334 e. The Morgan fingerprint density at radius 1 is 1.12 bits per heavy atom. The Labute approximate surface area is 151 Å². The second-order valence-corrected chi connectivity index (χ2v) is 6.51. The van der Waals surface area contributed by atoms with Gasteiger partial charge in [-0.3, -0.25) is 9.36 Å². The van der Waals surface area contributed by atoms with Crippen LogP contribution in [0.25, 0.3) is 22.4 Å². The zero-order valence-electron chi connectivity index (χ0n) is 13.3. The Morgan fingerprint density at radius 2 is 1.96 bits per heavy atom. The quantitative estimate of drug-likeness (QED) is 0.529. The maximum Gasteiger partial charge on any atom is 0.261 e. The summed E-state index contributed by atoms with van der Waals surface area (Å²) in [5.41, 5.74) is 1.38. The molecule has 25 heavy (non-hydrogen) atoms. The molecule has 0 atom stereocenters. The molecule has 4 rings (SSSR count). The van der Waals surface area contributed by atoms with Gasteiger partial charge in [-0.25, -0.2) is 4.98 Å². The minimum absolute atomic E-state index is 0.114. The lowest BCUT2D eigenvalue weighted by Gasteiger charge is -2.08. The predicted molar refractivity (Wildman–Crippen MR) is 97.3 cm³/mol. The topological polar surface area (TPSA) is 73.8 Å². The van der Waals surface area contributed by atoms with Gasteiger partial charge in [-0.05, 0) is 37.3 Å². The second-order valence-electron chi connectivity index (χ2n) is 5.59. The number of hydrogen-bond donors (Lipinski definition) is 0. The van der Waals surface area contributed by atoms with Crippen molar-refractivity contribution in [2.45, 2.75) is 13.5 Å². The van der Waals surface area contributed by atoms with Crippen molar-refractivity contribution in [3.8, 4) is 11.5 Å². The molecular formula is C18H13BrN4O2. The van der Waals surface area contributed by atoms with Gasteiger partial charge in [0.05, 0.1) is 17.4 Å². The van der Waals surface area contributed by atoms with Crippen molar-refractivity contribution in [1.29, 1.82) is 0 Å². The molecule has 0 aliphatic carbocycles. The molecule has 2 heterocycles. The number of aryl methyl sites for hydroxylation is 1. The van der Waals surface area contributed by atoms with Gasteiger partial charge < -0.3 is 4.52 Å². The van der Waals surface area contributed by atoms with E-state index in [0.717, 1.165) is 10.0 Å². The Balaban J connectivity index is 1.72. The summed E-state index contributed by atoms with van der Waals surface area (Å²) in [6, 6.07) is 14.9. The fourth-order valence-corrected chi connectivity index (χ4v) is 3.06. The first-order valence-electron chi connectivity index (χ1n) is 7.66. The summed E-state index contributed by atoms with van der Waals surface area (Å²) in [6.07, 6.45) is 0. The first-order chi connectivity index (χ1) is 12.1. The number of nitrogens with zero attached hydrogens (tertiary/aromatic N) is 4. The molecule has 0 N–H and O–H groups in total. The third-order valence-electron chi connectivity index (χ3n) is 3.89. The third kappa shape index (κ3) is 2.98. The standard InChI is InChI=1S/C18H13BrN4O2/c1-11-20-15-8-3-2-7-14(15)18(24)23(11)10-16-21-17(25-22-16)12-5-4-6-13(19)9-12/h2-9H,10H2,1H3. The van der Waals surface area contributed by atoms with Gasteiger partial charge >= 0.3 is 0 Å². The first kappa shape index (κ1) is 15.7. The van der Waals surface area contributed by atoms with Crippen LogP contribution in [0.1, 0.15) is 11.6 Å². The van der Waals surface area contributed by atoms with Crippen molar-refractivity contribution < 1.29 is 4.52 Å². The Bertz CT molecular complexity index is 1130. The normalized spacial score (nSPS) is 11.1. The van der Waals surface area contributed by atoms with E-state index in [4.69, 9.17) is 4.52 Å². The van der Waals surface area contributed by atoms with Gasteiger partial charge in [-0.1, -0.05) is 39.3 Å². The second kappa shape index (κ2) is 6.25. The average molecular weight is 397 g/mol. The Kier molecular flexibility index (Phi) is 3.93. The summed E-state index contributed by atoms with van der Waals surface area (Å²) >= 11 is 3.42. The molecule has 6 nitrogen and oxygen atoms in total. The summed E-state index contributed by atoms with van der Waals surface area (Å²) in [7, 11) is 0. The molecule has 2 aromatic carbocycles. The summed E-state index contributed by atoms with van der Waals surface area (Å²) in [5, 5.41) is 4.56. The summed E-state index contributed by atoms with van der Waals surface area (Å²) < 4.78 is 7.81. The summed E-state index contributed by atoms with van der Waals surface area (Å²) in [5.74, 6) is 1.45. The number of rotatable bonds is 3. The van der Waals surface area contributed by atoms with Crippen LogP contribution in [0, 0.1) is 6.92 Å². The number of aromatic nitrogens is 4. The van der Waals surface area contributed by atoms with E-state index in [1.165, 1.54) is 0 Å². The lowest BCUT2D eigenvalue weighted by atomic mass is 10.2. The van der Waals surface area contributed by atoms with E-state index in [9.17, 15) is 4.79 Å². The van der Waals surface area contributed by atoms with Crippen LogP contribution in [0.2, 0.25) is 0 Å². The molecule has 0 saturated heterocycles. The molecule has 0 spiro atoms. The highest BCUT2D eigenvalue weighted by Crippen LogP contribution is 2.21. The van der Waals surface area contributed by atoms with Crippen molar-refractivity contribution >= 4 is 26.8 Å². The van der Waals surface area contributed by atoms with Crippen LogP contribution in [0.5, 0.6) is 0 Å². The molecular weight excluding hydrogens is 384 g/mol. The van der Waals surface area contributed by atoms with Crippen molar-refractivity contribution in [2.24, 2.45) is 0 Å². The highest BCUT2D eigenvalue weighted by molar-refractivity contribution is 9.10. The van der Waals surface area contributed by atoms with Crippen LogP contribution in [-0.2, 0) is 6.54 Å². The van der Waals surface area contributed by atoms with Gasteiger partial charge in [-0.2, -0.15) is 4.98 Å². The molecule has 0 unspecified atom stereocenters. The number of fused-ring (bicyclic) bond motifs is 1. The summed E-state index contributed by atoms with van der Waals surface area (Å²) in [6.45, 7) is 2.00. The maximum absolute atomic E-state index is 12.7. The van der Waals surface area contributed by atoms with E-state index in [-0.39, 0.29) is 12.1 Å².